The molecule has 0 heterocycles. The number of alkyl halides is 3. The molecule has 0 spiro atoms. The summed E-state index contributed by atoms with van der Waals surface area (Å²) in [4.78, 5) is 0. The van der Waals surface area contributed by atoms with Gasteiger partial charge in [0.05, 0.1) is 13.2 Å². The Labute approximate surface area is 64.4 Å². The number of halogens is 3. The molecule has 0 rings (SSSR count). The number of rotatable bonds is 3. The van der Waals surface area contributed by atoms with Gasteiger partial charge in [-0.15, -0.1) is 0 Å². The van der Waals surface area contributed by atoms with E-state index in [1.54, 1.807) is 0 Å². The number of hydrogen-bond donors (Lipinski definition) is 2. The van der Waals surface area contributed by atoms with Crippen LogP contribution in [0, 0.1) is 0 Å². The molecule has 0 aromatic heterocycles. The fraction of sp³-hybridized carbons (Fsp3) is 1.00. The van der Waals surface area contributed by atoms with Gasteiger partial charge in [-0.05, 0) is 0 Å². The molecule has 0 saturated heterocycles. The molecule has 0 amide bonds. The molecule has 0 saturated carbocycles. The van der Waals surface area contributed by atoms with E-state index in [0.717, 1.165) is 0 Å². The Morgan fingerprint density at radius 3 is 2.00 bits per heavy atom. The minimum Gasteiger partial charge on any atom is -0.395 e. The summed E-state index contributed by atoms with van der Waals surface area (Å²) in [5.74, 6) is 0. The molecular weight excluding hydrogens is 159 g/mol. The Bertz CT molecular complexity index is 74.7. The Morgan fingerprint density at radius 1 is 1.27 bits per heavy atom. The topological polar surface area (TPSA) is 32.3 Å². The van der Waals surface area contributed by atoms with E-state index >= 15 is 0 Å². The number of aliphatic hydroxyl groups is 1. The summed E-state index contributed by atoms with van der Waals surface area (Å²) in [6.07, 6.45) is -4.17. The van der Waals surface area contributed by atoms with Gasteiger partial charge in [0.25, 0.3) is 0 Å². The van der Waals surface area contributed by atoms with Crippen molar-refractivity contribution in [2.75, 3.05) is 19.7 Å². The third-order valence-electron chi connectivity index (χ3n) is 0.614. The van der Waals surface area contributed by atoms with Crippen molar-refractivity contribution in [3.63, 3.8) is 0 Å². The maximum Gasteiger partial charge on any atom is 0.401 e. The molecule has 2 nitrogen and oxygen atoms in total. The van der Waals surface area contributed by atoms with Crippen molar-refractivity contribution in [3.8, 4) is 0 Å². The van der Waals surface area contributed by atoms with Gasteiger partial charge >= 0.3 is 6.18 Å². The van der Waals surface area contributed by atoms with Crippen LogP contribution >= 0.6 is 0 Å². The normalized spacial score (nSPS) is 10.4. The van der Waals surface area contributed by atoms with Crippen LogP contribution in [0.4, 0.5) is 13.2 Å². The van der Waals surface area contributed by atoms with Crippen LogP contribution in [0.1, 0.15) is 13.8 Å². The molecule has 0 unspecified atom stereocenters. The second kappa shape index (κ2) is 7.81. The van der Waals surface area contributed by atoms with E-state index in [2.05, 4.69) is 0 Å². The van der Waals surface area contributed by atoms with E-state index < -0.39 is 12.7 Å². The molecule has 0 aliphatic rings. The first-order valence-corrected chi connectivity index (χ1v) is 3.44. The van der Waals surface area contributed by atoms with Crippen LogP contribution in [0.25, 0.3) is 0 Å². The minimum atomic E-state index is -4.17. The van der Waals surface area contributed by atoms with Gasteiger partial charge in [-0.25, -0.2) is 0 Å². The fourth-order valence-electron chi connectivity index (χ4n) is 0.309. The fourth-order valence-corrected chi connectivity index (χ4v) is 0.309. The maximum absolute atomic E-state index is 11.2. The Kier molecular flexibility index (Phi) is 9.45. The van der Waals surface area contributed by atoms with Gasteiger partial charge in [-0.2, -0.15) is 13.2 Å². The van der Waals surface area contributed by atoms with Gasteiger partial charge in [0.15, 0.2) is 0 Å². The SMILES string of the molecule is CC.OCCNCC(F)(F)F. The lowest BCUT2D eigenvalue weighted by Crippen LogP contribution is -2.30. The Morgan fingerprint density at radius 2 is 1.73 bits per heavy atom. The molecule has 0 fully saturated rings. The lowest BCUT2D eigenvalue weighted by Gasteiger charge is -2.05. The monoisotopic (exact) mass is 173 g/mol. The first-order chi connectivity index (χ1) is 5.06. The zero-order valence-electron chi connectivity index (χ0n) is 6.70. The van der Waals surface area contributed by atoms with Crippen LogP contribution in [-0.2, 0) is 0 Å². The van der Waals surface area contributed by atoms with Crippen LogP contribution in [0.5, 0.6) is 0 Å². The first-order valence-electron chi connectivity index (χ1n) is 3.44. The summed E-state index contributed by atoms with van der Waals surface area (Å²) >= 11 is 0. The van der Waals surface area contributed by atoms with E-state index in [9.17, 15) is 13.2 Å². The predicted molar refractivity (Wildman–Crippen MR) is 37.4 cm³/mol. The third kappa shape index (κ3) is 17.7. The lowest BCUT2D eigenvalue weighted by atomic mass is 10.6. The molecule has 5 heteroatoms. The van der Waals surface area contributed by atoms with Crippen LogP contribution in [0.2, 0.25) is 0 Å². The van der Waals surface area contributed by atoms with Gasteiger partial charge < -0.3 is 10.4 Å². The summed E-state index contributed by atoms with van der Waals surface area (Å²) in [5.41, 5.74) is 0. The van der Waals surface area contributed by atoms with E-state index in [-0.39, 0.29) is 13.2 Å². The maximum atomic E-state index is 11.2. The van der Waals surface area contributed by atoms with Gasteiger partial charge in [0, 0.05) is 6.54 Å². The Hall–Kier alpha value is -0.290. The van der Waals surface area contributed by atoms with Crippen molar-refractivity contribution in [1.29, 1.82) is 0 Å². The van der Waals surface area contributed by atoms with Gasteiger partial charge in [0.1, 0.15) is 0 Å². The zero-order chi connectivity index (χ0) is 9.33. The smallest absolute Gasteiger partial charge is 0.395 e. The largest absolute Gasteiger partial charge is 0.401 e. The van der Waals surface area contributed by atoms with Gasteiger partial charge in [-0.1, -0.05) is 13.8 Å². The highest BCUT2D eigenvalue weighted by Gasteiger charge is 2.25. The van der Waals surface area contributed by atoms with Gasteiger partial charge in [0.2, 0.25) is 0 Å². The van der Waals surface area contributed by atoms with Crippen molar-refractivity contribution in [2.45, 2.75) is 20.0 Å². The second-order valence-electron chi connectivity index (χ2n) is 1.52. The quantitative estimate of drug-likeness (QED) is 0.627. The molecular formula is C6H14F3NO. The second-order valence-corrected chi connectivity index (χ2v) is 1.52. The summed E-state index contributed by atoms with van der Waals surface area (Å²) in [6, 6.07) is 0. The highest BCUT2D eigenvalue weighted by atomic mass is 19.4. The van der Waals surface area contributed by atoms with E-state index in [0.29, 0.717) is 0 Å². The third-order valence-corrected chi connectivity index (χ3v) is 0.614. The van der Waals surface area contributed by atoms with E-state index in [1.165, 1.54) is 0 Å². The molecule has 0 bridgehead atoms. The molecule has 0 aliphatic heterocycles. The van der Waals surface area contributed by atoms with Gasteiger partial charge in [-0.3, -0.25) is 0 Å². The standard InChI is InChI=1S/C4H8F3NO.C2H6/c5-4(6,7)3-8-1-2-9;1-2/h8-9H,1-3H2;1-2H3. The Balaban J connectivity index is 0. The average molecular weight is 173 g/mol. The molecule has 2 N–H and O–H groups in total. The summed E-state index contributed by atoms with van der Waals surface area (Å²) in [5, 5.41) is 10.0. The van der Waals surface area contributed by atoms with Crippen LogP contribution < -0.4 is 5.32 Å². The first kappa shape index (κ1) is 13.3. The highest BCUT2D eigenvalue weighted by Crippen LogP contribution is 2.11. The lowest BCUT2D eigenvalue weighted by molar-refractivity contribution is -0.124. The molecule has 0 aromatic rings. The molecule has 11 heavy (non-hydrogen) atoms. The van der Waals surface area contributed by atoms with Crippen molar-refractivity contribution in [2.24, 2.45) is 0 Å². The summed E-state index contributed by atoms with van der Waals surface area (Å²) < 4.78 is 33.7. The van der Waals surface area contributed by atoms with Crippen LogP contribution in [0.15, 0.2) is 0 Å². The highest BCUT2D eigenvalue weighted by molar-refractivity contribution is 4.53. The average Bonchev–Trinajstić information content (AvgIpc) is 1.90. The molecule has 0 radical (unpaired) electrons. The molecule has 0 atom stereocenters. The van der Waals surface area contributed by atoms with Crippen molar-refractivity contribution >= 4 is 0 Å². The predicted octanol–water partition coefficient (Wildman–Crippen LogP) is 1.16. The van der Waals surface area contributed by atoms with E-state index in [1.807, 2.05) is 19.2 Å². The minimum absolute atomic E-state index is 0.0144. The van der Waals surface area contributed by atoms with Crippen molar-refractivity contribution in [1.82, 2.24) is 5.32 Å². The number of aliphatic hydroxyl groups excluding tert-OH is 1. The zero-order valence-corrected chi connectivity index (χ0v) is 6.70. The summed E-state index contributed by atoms with van der Waals surface area (Å²) in [6.45, 7) is 2.68. The van der Waals surface area contributed by atoms with Crippen LogP contribution in [-0.4, -0.2) is 31.0 Å². The summed E-state index contributed by atoms with van der Waals surface area (Å²) in [7, 11) is 0. The van der Waals surface area contributed by atoms with Crippen molar-refractivity contribution < 1.29 is 18.3 Å². The number of nitrogens with one attached hydrogen (secondary N) is 1. The van der Waals surface area contributed by atoms with Crippen LogP contribution in [0.3, 0.4) is 0 Å². The molecule has 0 aliphatic carbocycles. The number of hydrogen-bond acceptors (Lipinski definition) is 2. The molecule has 70 valence electrons. The molecule has 0 aromatic carbocycles. The van der Waals surface area contributed by atoms with Crippen molar-refractivity contribution in [3.05, 3.63) is 0 Å². The van der Waals surface area contributed by atoms with E-state index in [4.69, 9.17) is 5.11 Å².